The van der Waals surface area contributed by atoms with Crippen LogP contribution in [0.5, 0.6) is 0 Å². The van der Waals surface area contributed by atoms with Crippen molar-refractivity contribution < 1.29 is 4.42 Å². The molecule has 0 aliphatic rings. The SMILES string of the molecule is CC(C)c1cc(-c2ccc(-c3ccccc3)cc2)cc(C(C)C)c1-n1c(-c2cccc3c2oc2cc(-c4cccc(C#N)c4)ccc23)nc2ccccc21. The van der Waals surface area contributed by atoms with Crippen LogP contribution in [0.2, 0.25) is 0 Å². The summed E-state index contributed by atoms with van der Waals surface area (Å²) < 4.78 is 9.18. The number of nitrogens with zero attached hydrogens (tertiary/aromatic N) is 3. The van der Waals surface area contributed by atoms with Gasteiger partial charge < -0.3 is 4.42 Å². The van der Waals surface area contributed by atoms with Gasteiger partial charge in [0.1, 0.15) is 17.0 Å². The minimum atomic E-state index is 0.245. The molecule has 2 aromatic heterocycles. The molecule has 0 unspecified atom stereocenters. The van der Waals surface area contributed by atoms with Crippen molar-refractivity contribution in [3.05, 3.63) is 168 Å². The van der Waals surface area contributed by atoms with Gasteiger partial charge in [-0.25, -0.2) is 4.98 Å². The highest BCUT2D eigenvalue weighted by Gasteiger charge is 2.25. The second kappa shape index (κ2) is 13.4. The fraction of sp³-hybridized carbons (Fsp3) is 0.120. The summed E-state index contributed by atoms with van der Waals surface area (Å²) in [4.78, 5) is 5.36. The quantitative estimate of drug-likeness (QED) is 0.167. The highest BCUT2D eigenvalue weighted by Crippen LogP contribution is 2.43. The molecule has 9 aromatic rings. The highest BCUT2D eigenvalue weighted by atomic mass is 16.3. The Balaban J connectivity index is 1.24. The van der Waals surface area contributed by atoms with Gasteiger partial charge in [-0.05, 0) is 111 Å². The number of furan rings is 1. The number of nitriles is 1. The molecule has 0 bridgehead atoms. The first-order valence-corrected chi connectivity index (χ1v) is 18.7. The number of para-hydroxylation sites is 3. The number of imidazole rings is 1. The third-order valence-corrected chi connectivity index (χ3v) is 10.6. The van der Waals surface area contributed by atoms with Crippen molar-refractivity contribution in [3.63, 3.8) is 0 Å². The van der Waals surface area contributed by atoms with Crippen LogP contribution in [0, 0.1) is 11.3 Å². The molecule has 0 saturated carbocycles. The Morgan fingerprint density at radius 3 is 1.89 bits per heavy atom. The first-order valence-electron chi connectivity index (χ1n) is 18.7. The summed E-state index contributed by atoms with van der Waals surface area (Å²) in [6.45, 7) is 9.14. The molecular formula is C50H39N3O. The van der Waals surface area contributed by atoms with Crippen molar-refractivity contribution in [2.24, 2.45) is 0 Å². The third-order valence-electron chi connectivity index (χ3n) is 10.6. The van der Waals surface area contributed by atoms with Gasteiger partial charge in [-0.15, -0.1) is 0 Å². The van der Waals surface area contributed by atoms with Crippen LogP contribution < -0.4 is 0 Å². The second-order valence-electron chi connectivity index (χ2n) is 14.7. The molecule has 0 amide bonds. The molecule has 54 heavy (non-hydrogen) atoms. The Labute approximate surface area is 315 Å². The molecule has 0 N–H and O–H groups in total. The molecule has 2 heterocycles. The summed E-state index contributed by atoms with van der Waals surface area (Å²) in [7, 11) is 0. The largest absolute Gasteiger partial charge is 0.455 e. The fourth-order valence-electron chi connectivity index (χ4n) is 7.83. The molecule has 260 valence electrons. The zero-order valence-corrected chi connectivity index (χ0v) is 30.8. The summed E-state index contributed by atoms with van der Waals surface area (Å²) in [6.07, 6.45) is 0. The normalized spacial score (nSPS) is 11.6. The van der Waals surface area contributed by atoms with Gasteiger partial charge in [-0.2, -0.15) is 5.26 Å². The Hall–Kier alpha value is -6.70. The van der Waals surface area contributed by atoms with Gasteiger partial charge in [-0.3, -0.25) is 4.57 Å². The number of rotatable bonds is 7. The maximum atomic E-state index is 9.50. The van der Waals surface area contributed by atoms with Crippen LogP contribution in [0.25, 0.3) is 83.4 Å². The lowest BCUT2D eigenvalue weighted by molar-refractivity contribution is 0.669. The van der Waals surface area contributed by atoms with E-state index in [0.717, 1.165) is 55.5 Å². The summed E-state index contributed by atoms with van der Waals surface area (Å²) in [5, 5.41) is 11.6. The Bertz CT molecular complexity index is 2860. The molecule has 0 atom stereocenters. The summed E-state index contributed by atoms with van der Waals surface area (Å²) in [5.74, 6) is 1.34. The standard InChI is InChI=1S/C50H39N3O/c1-31(2)43-27-39(36-22-20-35(21-23-36)34-13-6-5-7-14-34)28-44(32(3)4)48(43)53-46-19-9-8-18-45(46)52-50(53)42-17-11-16-41-40-25-24-38(29-47(40)54-49(41)42)37-15-10-12-33(26-37)30-51/h5-29,31-32H,1-4H3. The molecular weight excluding hydrogens is 659 g/mol. The Kier molecular flexibility index (Phi) is 8.21. The zero-order valence-electron chi connectivity index (χ0n) is 30.8. The van der Waals surface area contributed by atoms with Crippen molar-refractivity contribution in [2.45, 2.75) is 39.5 Å². The molecule has 0 spiro atoms. The number of fused-ring (bicyclic) bond motifs is 4. The first-order chi connectivity index (χ1) is 26.4. The molecule has 4 heteroatoms. The maximum absolute atomic E-state index is 9.50. The van der Waals surface area contributed by atoms with E-state index in [1.54, 1.807) is 0 Å². The van der Waals surface area contributed by atoms with Crippen molar-refractivity contribution in [2.75, 3.05) is 0 Å². The van der Waals surface area contributed by atoms with Crippen molar-refractivity contribution in [1.29, 1.82) is 5.26 Å². The molecule has 4 nitrogen and oxygen atoms in total. The molecule has 9 rings (SSSR count). The van der Waals surface area contributed by atoms with Crippen LogP contribution in [0.4, 0.5) is 0 Å². The smallest absolute Gasteiger partial charge is 0.149 e. The summed E-state index contributed by atoms with van der Waals surface area (Å²) >= 11 is 0. The van der Waals surface area contributed by atoms with Gasteiger partial charge in [0.25, 0.3) is 0 Å². The number of hydrogen-bond donors (Lipinski definition) is 0. The van der Waals surface area contributed by atoms with Crippen LogP contribution in [-0.4, -0.2) is 9.55 Å². The van der Waals surface area contributed by atoms with E-state index in [0.29, 0.717) is 5.56 Å². The molecule has 0 aliphatic heterocycles. The predicted molar refractivity (Wildman–Crippen MR) is 223 cm³/mol. The summed E-state index contributed by atoms with van der Waals surface area (Å²) in [5.41, 5.74) is 15.7. The topological polar surface area (TPSA) is 54.8 Å². The molecule has 0 aliphatic carbocycles. The van der Waals surface area contributed by atoms with Crippen LogP contribution in [0.15, 0.2) is 156 Å². The minimum Gasteiger partial charge on any atom is -0.455 e. The average molecular weight is 698 g/mol. The lowest BCUT2D eigenvalue weighted by Gasteiger charge is -2.24. The lowest BCUT2D eigenvalue weighted by atomic mass is 9.87. The van der Waals surface area contributed by atoms with Gasteiger partial charge in [0, 0.05) is 10.8 Å². The minimum absolute atomic E-state index is 0.245. The summed E-state index contributed by atoms with van der Waals surface area (Å²) in [6, 6.07) is 55.3. The van der Waals surface area contributed by atoms with Gasteiger partial charge in [0.05, 0.1) is 33.9 Å². The van der Waals surface area contributed by atoms with Crippen LogP contribution >= 0.6 is 0 Å². The van der Waals surface area contributed by atoms with Crippen LogP contribution in [0.3, 0.4) is 0 Å². The molecule has 0 saturated heterocycles. The van der Waals surface area contributed by atoms with Crippen LogP contribution in [0.1, 0.15) is 56.2 Å². The number of benzene rings is 7. The van der Waals surface area contributed by atoms with Crippen molar-refractivity contribution in [1.82, 2.24) is 9.55 Å². The number of aromatic nitrogens is 2. The van der Waals surface area contributed by atoms with Crippen molar-refractivity contribution >= 4 is 33.0 Å². The lowest BCUT2D eigenvalue weighted by Crippen LogP contribution is -2.09. The Morgan fingerprint density at radius 2 is 1.17 bits per heavy atom. The maximum Gasteiger partial charge on any atom is 0.149 e. The highest BCUT2D eigenvalue weighted by molar-refractivity contribution is 6.10. The van der Waals surface area contributed by atoms with E-state index in [-0.39, 0.29) is 11.8 Å². The van der Waals surface area contributed by atoms with Crippen LogP contribution in [-0.2, 0) is 0 Å². The zero-order chi connectivity index (χ0) is 36.9. The van der Waals surface area contributed by atoms with E-state index >= 15 is 0 Å². The molecule has 0 radical (unpaired) electrons. The van der Waals surface area contributed by atoms with Gasteiger partial charge in [0.15, 0.2) is 0 Å². The van der Waals surface area contributed by atoms with Gasteiger partial charge in [0.2, 0.25) is 0 Å². The molecule has 7 aromatic carbocycles. The van der Waals surface area contributed by atoms with E-state index in [1.807, 2.05) is 24.3 Å². The van der Waals surface area contributed by atoms with Gasteiger partial charge in [-0.1, -0.05) is 125 Å². The fourth-order valence-corrected chi connectivity index (χ4v) is 7.83. The van der Waals surface area contributed by atoms with Gasteiger partial charge >= 0.3 is 0 Å². The number of hydrogen-bond acceptors (Lipinski definition) is 3. The molecule has 0 fully saturated rings. The van der Waals surface area contributed by atoms with E-state index in [2.05, 4.69) is 166 Å². The second-order valence-corrected chi connectivity index (χ2v) is 14.7. The monoisotopic (exact) mass is 697 g/mol. The van der Waals surface area contributed by atoms with E-state index in [1.165, 1.54) is 39.1 Å². The Morgan fingerprint density at radius 1 is 0.556 bits per heavy atom. The van der Waals surface area contributed by atoms with Crippen molar-refractivity contribution in [3.8, 4) is 56.5 Å². The third kappa shape index (κ3) is 5.66. The predicted octanol–water partition coefficient (Wildman–Crippen LogP) is 13.7. The van der Waals surface area contributed by atoms with E-state index < -0.39 is 0 Å². The average Bonchev–Trinajstić information content (AvgIpc) is 3.79. The van der Waals surface area contributed by atoms with E-state index in [9.17, 15) is 5.26 Å². The first kappa shape index (κ1) is 33.2. The van der Waals surface area contributed by atoms with E-state index in [4.69, 9.17) is 9.40 Å².